The van der Waals surface area contributed by atoms with Crippen LogP contribution < -0.4 is 15.5 Å². The zero-order valence-electron chi connectivity index (χ0n) is 15.9. The van der Waals surface area contributed by atoms with E-state index in [0.717, 1.165) is 4.47 Å². The molecule has 0 saturated heterocycles. The number of rotatable bonds is 7. The molecule has 1 amide bonds. The van der Waals surface area contributed by atoms with Crippen molar-refractivity contribution < 1.29 is 14.5 Å². The van der Waals surface area contributed by atoms with Gasteiger partial charge in [0.1, 0.15) is 18.0 Å². The molecule has 0 unspecified atom stereocenters. The van der Waals surface area contributed by atoms with Crippen molar-refractivity contribution in [2.24, 2.45) is 0 Å². The van der Waals surface area contributed by atoms with Crippen molar-refractivity contribution in [3.63, 3.8) is 0 Å². The van der Waals surface area contributed by atoms with E-state index in [9.17, 15) is 19.7 Å². The van der Waals surface area contributed by atoms with Crippen LogP contribution in [0.4, 0.5) is 5.69 Å². The van der Waals surface area contributed by atoms with Crippen LogP contribution in [0.1, 0.15) is 16.2 Å². The van der Waals surface area contributed by atoms with Crippen LogP contribution in [0, 0.1) is 17.0 Å². The van der Waals surface area contributed by atoms with Crippen molar-refractivity contribution in [3.8, 4) is 11.4 Å². The van der Waals surface area contributed by atoms with Crippen molar-refractivity contribution in [1.82, 2.24) is 15.1 Å². The smallest absolute Gasteiger partial charge is 0.294 e. The van der Waals surface area contributed by atoms with Gasteiger partial charge in [-0.05, 0) is 31.2 Å². The maximum absolute atomic E-state index is 12.5. The number of hydrogen-bond acceptors (Lipinski definition) is 6. The highest BCUT2D eigenvalue weighted by atomic mass is 79.9. The lowest BCUT2D eigenvalue weighted by Crippen LogP contribution is -2.34. The van der Waals surface area contributed by atoms with Gasteiger partial charge in [-0.25, -0.2) is 4.68 Å². The average Bonchev–Trinajstić information content (AvgIpc) is 2.71. The molecule has 10 heteroatoms. The molecule has 2 aromatic carbocycles. The second-order valence-electron chi connectivity index (χ2n) is 6.22. The van der Waals surface area contributed by atoms with E-state index in [2.05, 4.69) is 26.3 Å². The second-order valence-corrected chi connectivity index (χ2v) is 7.13. The predicted octanol–water partition coefficient (Wildman–Crippen LogP) is 3.02. The van der Waals surface area contributed by atoms with Gasteiger partial charge in [-0.1, -0.05) is 34.1 Å². The number of ether oxygens (including phenoxy) is 1. The zero-order chi connectivity index (χ0) is 21.7. The Morgan fingerprint density at radius 3 is 2.73 bits per heavy atom. The highest BCUT2D eigenvalue weighted by molar-refractivity contribution is 9.10. The molecule has 0 fully saturated rings. The van der Waals surface area contributed by atoms with Gasteiger partial charge in [-0.2, -0.15) is 5.10 Å². The number of aromatic nitrogens is 2. The van der Waals surface area contributed by atoms with E-state index < -0.39 is 16.3 Å². The molecule has 0 spiro atoms. The summed E-state index contributed by atoms with van der Waals surface area (Å²) >= 11 is 3.34. The fourth-order valence-electron chi connectivity index (χ4n) is 2.72. The minimum absolute atomic E-state index is 0.145. The molecule has 0 aliphatic rings. The van der Waals surface area contributed by atoms with Crippen LogP contribution in [-0.4, -0.2) is 33.8 Å². The third-order valence-electron chi connectivity index (χ3n) is 4.08. The van der Waals surface area contributed by atoms with Crippen LogP contribution in [0.5, 0.6) is 5.75 Å². The molecule has 1 heterocycles. The van der Waals surface area contributed by atoms with Gasteiger partial charge < -0.3 is 10.1 Å². The molecule has 154 valence electrons. The molecule has 0 radical (unpaired) electrons. The van der Waals surface area contributed by atoms with E-state index in [-0.39, 0.29) is 30.2 Å². The van der Waals surface area contributed by atoms with Crippen molar-refractivity contribution in [2.75, 3.05) is 13.2 Å². The maximum Gasteiger partial charge on any atom is 0.294 e. The van der Waals surface area contributed by atoms with Crippen LogP contribution in [0.3, 0.4) is 0 Å². The van der Waals surface area contributed by atoms with Gasteiger partial charge in [0.2, 0.25) is 5.43 Å². The van der Waals surface area contributed by atoms with Crippen molar-refractivity contribution in [1.29, 1.82) is 0 Å². The Morgan fingerprint density at radius 2 is 2.00 bits per heavy atom. The van der Waals surface area contributed by atoms with Gasteiger partial charge in [0.15, 0.2) is 5.69 Å². The quantitative estimate of drug-likeness (QED) is 0.320. The van der Waals surface area contributed by atoms with Crippen LogP contribution in [0.25, 0.3) is 5.69 Å². The van der Waals surface area contributed by atoms with Crippen LogP contribution >= 0.6 is 15.9 Å². The van der Waals surface area contributed by atoms with Crippen LogP contribution in [0.15, 0.2) is 63.9 Å². The number of carbonyl (C=O) groups is 1. The summed E-state index contributed by atoms with van der Waals surface area (Å²) in [6.07, 6.45) is 0. The Labute approximate surface area is 179 Å². The van der Waals surface area contributed by atoms with Crippen molar-refractivity contribution >= 4 is 27.5 Å². The summed E-state index contributed by atoms with van der Waals surface area (Å²) in [6.45, 7) is 1.91. The van der Waals surface area contributed by atoms with E-state index in [1.807, 2.05) is 12.1 Å². The SMILES string of the molecule is Cc1cc(=O)c(C(=O)NCCOc2cccc(Br)c2)nn1-c1ccccc1[N+](=O)[O-]. The summed E-state index contributed by atoms with van der Waals surface area (Å²) in [5.41, 5.74) is -0.602. The molecule has 1 aromatic heterocycles. The Morgan fingerprint density at radius 1 is 1.23 bits per heavy atom. The second kappa shape index (κ2) is 9.31. The molecule has 0 aliphatic heterocycles. The van der Waals surface area contributed by atoms with E-state index in [0.29, 0.717) is 11.4 Å². The predicted molar refractivity (Wildman–Crippen MR) is 113 cm³/mol. The highest BCUT2D eigenvalue weighted by Crippen LogP contribution is 2.22. The fourth-order valence-corrected chi connectivity index (χ4v) is 3.10. The Bertz CT molecular complexity index is 1160. The lowest BCUT2D eigenvalue weighted by Gasteiger charge is -2.12. The summed E-state index contributed by atoms with van der Waals surface area (Å²) < 4.78 is 7.61. The number of hydrogen-bond donors (Lipinski definition) is 1. The summed E-state index contributed by atoms with van der Waals surface area (Å²) in [5, 5.41) is 18.0. The zero-order valence-corrected chi connectivity index (χ0v) is 17.5. The molecule has 3 rings (SSSR count). The molecule has 1 N–H and O–H groups in total. The van der Waals surface area contributed by atoms with Gasteiger partial charge in [-0.3, -0.25) is 19.7 Å². The van der Waals surface area contributed by atoms with E-state index in [4.69, 9.17) is 4.74 Å². The lowest BCUT2D eigenvalue weighted by atomic mass is 10.2. The van der Waals surface area contributed by atoms with Crippen LogP contribution in [-0.2, 0) is 0 Å². The van der Waals surface area contributed by atoms with E-state index in [1.165, 1.54) is 28.9 Å². The largest absolute Gasteiger partial charge is 0.492 e. The van der Waals surface area contributed by atoms with Gasteiger partial charge in [0, 0.05) is 22.3 Å². The summed E-state index contributed by atoms with van der Waals surface area (Å²) in [5.74, 6) is -0.0593. The number of aryl methyl sites for hydroxylation is 1. The standard InChI is InChI=1S/C20H17BrN4O5/c1-13-11-18(26)19(23-24(13)16-7-2-3-8-17(16)25(28)29)20(27)22-9-10-30-15-6-4-5-14(21)12-15/h2-8,11-12H,9-10H2,1H3,(H,22,27). The number of nitrogens with one attached hydrogen (secondary N) is 1. The Hall–Kier alpha value is -3.53. The monoisotopic (exact) mass is 472 g/mol. The van der Waals surface area contributed by atoms with Crippen molar-refractivity contribution in [2.45, 2.75) is 6.92 Å². The normalized spacial score (nSPS) is 10.5. The number of nitro groups is 1. The first-order chi connectivity index (χ1) is 14.4. The Kier molecular flexibility index (Phi) is 6.58. The summed E-state index contributed by atoms with van der Waals surface area (Å²) in [6, 6.07) is 14.4. The number of amides is 1. The highest BCUT2D eigenvalue weighted by Gasteiger charge is 2.20. The first-order valence-electron chi connectivity index (χ1n) is 8.88. The molecular formula is C20H17BrN4O5. The molecule has 9 nitrogen and oxygen atoms in total. The fraction of sp³-hybridized carbons (Fsp3) is 0.150. The molecule has 0 aliphatic carbocycles. The lowest BCUT2D eigenvalue weighted by molar-refractivity contribution is -0.384. The minimum atomic E-state index is -0.690. The van der Waals surface area contributed by atoms with Gasteiger partial charge in [0.05, 0.1) is 11.5 Å². The number of benzene rings is 2. The van der Waals surface area contributed by atoms with Crippen LogP contribution in [0.2, 0.25) is 0 Å². The van der Waals surface area contributed by atoms with E-state index >= 15 is 0 Å². The molecule has 30 heavy (non-hydrogen) atoms. The number of para-hydroxylation sites is 2. The summed E-state index contributed by atoms with van der Waals surface area (Å²) in [4.78, 5) is 35.5. The molecular weight excluding hydrogens is 456 g/mol. The first kappa shape index (κ1) is 21.2. The van der Waals surface area contributed by atoms with Gasteiger partial charge in [0.25, 0.3) is 11.6 Å². The first-order valence-corrected chi connectivity index (χ1v) is 9.67. The average molecular weight is 473 g/mol. The number of nitro benzene ring substituents is 1. The Balaban J connectivity index is 1.76. The third kappa shape index (κ3) is 4.90. The molecule has 3 aromatic rings. The molecule has 0 bridgehead atoms. The number of halogens is 1. The minimum Gasteiger partial charge on any atom is -0.492 e. The van der Waals surface area contributed by atoms with Crippen molar-refractivity contribution in [3.05, 3.63) is 90.8 Å². The molecule has 0 saturated carbocycles. The van der Waals surface area contributed by atoms with Gasteiger partial charge in [-0.15, -0.1) is 0 Å². The topological polar surface area (TPSA) is 116 Å². The maximum atomic E-state index is 12.5. The molecule has 0 atom stereocenters. The van der Waals surface area contributed by atoms with Gasteiger partial charge >= 0.3 is 0 Å². The summed E-state index contributed by atoms with van der Waals surface area (Å²) in [7, 11) is 0. The number of nitrogens with zero attached hydrogens (tertiary/aromatic N) is 3. The third-order valence-corrected chi connectivity index (χ3v) is 4.57. The van der Waals surface area contributed by atoms with E-state index in [1.54, 1.807) is 25.1 Å². The number of carbonyl (C=O) groups excluding carboxylic acids is 1.